The summed E-state index contributed by atoms with van der Waals surface area (Å²) in [6.45, 7) is 5.14. The molecule has 0 spiro atoms. The molecule has 0 fully saturated rings. The Bertz CT molecular complexity index is 245. The number of rotatable bonds is 3. The molecule has 0 aliphatic heterocycles. The van der Waals surface area contributed by atoms with Gasteiger partial charge in [0.05, 0.1) is 6.07 Å². The Morgan fingerprint density at radius 1 is 1.67 bits per heavy atom. The van der Waals surface area contributed by atoms with Gasteiger partial charge in [-0.1, -0.05) is 19.0 Å². The van der Waals surface area contributed by atoms with E-state index in [4.69, 9.17) is 5.11 Å². The molecule has 1 aromatic heterocycles. The molecule has 0 bridgehead atoms. The van der Waals surface area contributed by atoms with Gasteiger partial charge in [-0.15, -0.1) is 0 Å². The summed E-state index contributed by atoms with van der Waals surface area (Å²) in [5, 5.41) is 12.5. The van der Waals surface area contributed by atoms with E-state index in [-0.39, 0.29) is 5.95 Å². The summed E-state index contributed by atoms with van der Waals surface area (Å²) in [6.07, 6.45) is 0. The van der Waals surface area contributed by atoms with Crippen molar-refractivity contribution in [1.29, 1.82) is 0 Å². The Hall–Kier alpha value is -1.19. The fourth-order valence-corrected chi connectivity index (χ4v) is 1.08. The molecule has 0 aliphatic carbocycles. The van der Waals surface area contributed by atoms with Crippen LogP contribution >= 0.6 is 0 Å². The first-order valence-corrected chi connectivity index (χ1v) is 3.96. The van der Waals surface area contributed by atoms with Crippen LogP contribution in [0.3, 0.4) is 0 Å². The van der Waals surface area contributed by atoms with Crippen molar-refractivity contribution in [3.63, 3.8) is 0 Å². The Morgan fingerprint density at radius 2 is 2.33 bits per heavy atom. The highest BCUT2D eigenvalue weighted by Crippen LogP contribution is 2.17. The summed E-state index contributed by atoms with van der Waals surface area (Å²) in [7, 11) is 1.91. The van der Waals surface area contributed by atoms with E-state index >= 15 is 0 Å². The van der Waals surface area contributed by atoms with Gasteiger partial charge in [0.1, 0.15) is 0 Å². The number of nitrogens with zero attached hydrogens (tertiary/aromatic N) is 2. The van der Waals surface area contributed by atoms with Crippen molar-refractivity contribution in [1.82, 2.24) is 5.16 Å². The summed E-state index contributed by atoms with van der Waals surface area (Å²) in [6, 6.07) is 1.50. The molecule has 0 amide bonds. The lowest BCUT2D eigenvalue weighted by atomic mass is 10.2. The van der Waals surface area contributed by atoms with Crippen LogP contribution in [0.15, 0.2) is 10.6 Å². The van der Waals surface area contributed by atoms with E-state index in [1.165, 1.54) is 6.07 Å². The highest BCUT2D eigenvalue weighted by Gasteiger charge is 2.08. The molecule has 0 saturated heterocycles. The molecule has 0 radical (unpaired) electrons. The van der Waals surface area contributed by atoms with Crippen molar-refractivity contribution in [3.05, 3.63) is 6.07 Å². The van der Waals surface area contributed by atoms with Gasteiger partial charge in [0.15, 0.2) is 5.82 Å². The first-order valence-electron chi connectivity index (χ1n) is 3.96. The summed E-state index contributed by atoms with van der Waals surface area (Å²) in [4.78, 5) is 1.94. The average Bonchev–Trinajstić information content (AvgIpc) is 2.34. The zero-order valence-corrected chi connectivity index (χ0v) is 7.61. The largest absolute Gasteiger partial charge is 0.479 e. The second-order valence-electron chi connectivity index (χ2n) is 3.30. The minimum Gasteiger partial charge on any atom is -0.479 e. The fourth-order valence-electron chi connectivity index (χ4n) is 1.08. The monoisotopic (exact) mass is 170 g/mol. The highest BCUT2D eigenvalue weighted by atomic mass is 16.5. The van der Waals surface area contributed by atoms with Crippen LogP contribution in [0.2, 0.25) is 0 Å². The van der Waals surface area contributed by atoms with E-state index in [0.29, 0.717) is 11.7 Å². The first kappa shape index (κ1) is 8.90. The molecular formula is C8H14N2O2. The molecule has 1 rings (SSSR count). The lowest BCUT2D eigenvalue weighted by Crippen LogP contribution is -2.22. The van der Waals surface area contributed by atoms with Gasteiger partial charge < -0.3 is 14.5 Å². The summed E-state index contributed by atoms with van der Waals surface area (Å²) < 4.78 is 4.53. The van der Waals surface area contributed by atoms with Crippen LogP contribution in [0.4, 0.5) is 5.82 Å². The number of hydrogen-bond donors (Lipinski definition) is 1. The molecule has 4 nitrogen and oxygen atoms in total. The molecule has 12 heavy (non-hydrogen) atoms. The molecule has 68 valence electrons. The second-order valence-corrected chi connectivity index (χ2v) is 3.30. The Kier molecular flexibility index (Phi) is 2.58. The third-order valence-electron chi connectivity index (χ3n) is 1.52. The third-order valence-corrected chi connectivity index (χ3v) is 1.52. The predicted molar refractivity (Wildman–Crippen MR) is 46.3 cm³/mol. The zero-order valence-electron chi connectivity index (χ0n) is 7.61. The van der Waals surface area contributed by atoms with Crippen LogP contribution in [0, 0.1) is 5.92 Å². The van der Waals surface area contributed by atoms with Gasteiger partial charge in [-0.2, -0.15) is 0 Å². The number of aromatic hydroxyl groups is 1. The van der Waals surface area contributed by atoms with E-state index in [9.17, 15) is 0 Å². The fraction of sp³-hybridized carbons (Fsp3) is 0.625. The van der Waals surface area contributed by atoms with Crippen LogP contribution in [-0.4, -0.2) is 23.9 Å². The van der Waals surface area contributed by atoms with E-state index in [1.54, 1.807) is 0 Å². The Balaban J connectivity index is 2.58. The van der Waals surface area contributed by atoms with Gasteiger partial charge in [-0.05, 0) is 5.92 Å². The molecule has 0 aromatic carbocycles. The second kappa shape index (κ2) is 3.47. The molecule has 0 unspecified atom stereocenters. The van der Waals surface area contributed by atoms with Crippen molar-refractivity contribution in [2.45, 2.75) is 13.8 Å². The summed E-state index contributed by atoms with van der Waals surface area (Å²) in [5.74, 6) is 1.09. The maximum absolute atomic E-state index is 8.88. The lowest BCUT2D eigenvalue weighted by Gasteiger charge is -2.17. The molecular weight excluding hydrogens is 156 g/mol. The quantitative estimate of drug-likeness (QED) is 0.746. The van der Waals surface area contributed by atoms with Crippen LogP contribution in [0.1, 0.15) is 13.8 Å². The number of aromatic nitrogens is 1. The van der Waals surface area contributed by atoms with Gasteiger partial charge in [0.25, 0.3) is 0 Å². The zero-order chi connectivity index (χ0) is 9.14. The molecule has 1 heterocycles. The van der Waals surface area contributed by atoms with Crippen LogP contribution in [0.25, 0.3) is 0 Å². The standard InChI is InChI=1S/C8H14N2O2/c1-6(2)5-10(3)7-4-8(11)12-9-7/h4,6,11H,5H2,1-3H3. The molecule has 1 N–H and O–H groups in total. The van der Waals surface area contributed by atoms with Crippen molar-refractivity contribution < 1.29 is 9.63 Å². The van der Waals surface area contributed by atoms with Gasteiger partial charge in [-0.25, -0.2) is 0 Å². The smallest absolute Gasteiger partial charge is 0.310 e. The van der Waals surface area contributed by atoms with Gasteiger partial charge >= 0.3 is 5.95 Å². The van der Waals surface area contributed by atoms with Crippen LogP contribution in [-0.2, 0) is 0 Å². The lowest BCUT2D eigenvalue weighted by molar-refractivity contribution is 0.278. The van der Waals surface area contributed by atoms with Gasteiger partial charge in [0, 0.05) is 13.6 Å². The highest BCUT2D eigenvalue weighted by molar-refractivity contribution is 5.38. The van der Waals surface area contributed by atoms with Crippen molar-refractivity contribution in [2.24, 2.45) is 5.92 Å². The van der Waals surface area contributed by atoms with Gasteiger partial charge in [0.2, 0.25) is 0 Å². The molecule has 0 atom stereocenters. The van der Waals surface area contributed by atoms with Crippen LogP contribution < -0.4 is 4.90 Å². The molecule has 1 aromatic rings. The van der Waals surface area contributed by atoms with E-state index in [1.807, 2.05) is 11.9 Å². The minimum atomic E-state index is -0.138. The first-order chi connectivity index (χ1) is 5.59. The SMILES string of the molecule is CC(C)CN(C)c1cc(O)on1. The summed E-state index contributed by atoms with van der Waals surface area (Å²) >= 11 is 0. The maximum atomic E-state index is 8.88. The molecule has 0 aliphatic rings. The van der Waals surface area contributed by atoms with Crippen molar-refractivity contribution in [3.8, 4) is 5.95 Å². The van der Waals surface area contributed by atoms with Crippen molar-refractivity contribution >= 4 is 5.82 Å². The van der Waals surface area contributed by atoms with E-state index in [0.717, 1.165) is 6.54 Å². The van der Waals surface area contributed by atoms with Gasteiger partial charge in [-0.3, -0.25) is 0 Å². The minimum absolute atomic E-state index is 0.138. The Labute approximate surface area is 71.8 Å². The van der Waals surface area contributed by atoms with E-state index in [2.05, 4.69) is 23.5 Å². The average molecular weight is 170 g/mol. The maximum Gasteiger partial charge on any atom is 0.310 e. The number of anilines is 1. The molecule has 4 heteroatoms. The third kappa shape index (κ3) is 2.15. The van der Waals surface area contributed by atoms with Crippen molar-refractivity contribution in [2.75, 3.05) is 18.5 Å². The summed E-state index contributed by atoms with van der Waals surface area (Å²) in [5.41, 5.74) is 0. The Morgan fingerprint density at radius 3 is 2.75 bits per heavy atom. The topological polar surface area (TPSA) is 49.5 Å². The predicted octanol–water partition coefficient (Wildman–Crippen LogP) is 1.47. The van der Waals surface area contributed by atoms with E-state index < -0.39 is 0 Å². The van der Waals surface area contributed by atoms with Crippen LogP contribution in [0.5, 0.6) is 5.95 Å². The molecule has 0 saturated carbocycles. The number of hydrogen-bond acceptors (Lipinski definition) is 4. The normalized spacial score (nSPS) is 10.7.